The summed E-state index contributed by atoms with van der Waals surface area (Å²) in [5.41, 5.74) is 0.129. The van der Waals surface area contributed by atoms with Gasteiger partial charge in [0.25, 0.3) is 0 Å². The predicted octanol–water partition coefficient (Wildman–Crippen LogP) is 3.15. The van der Waals surface area contributed by atoms with Gasteiger partial charge in [-0.2, -0.15) is 0 Å². The third-order valence-corrected chi connectivity index (χ3v) is 6.26. The fourth-order valence-electron chi connectivity index (χ4n) is 1.50. The van der Waals surface area contributed by atoms with E-state index in [1.54, 1.807) is 0 Å². The van der Waals surface area contributed by atoms with Gasteiger partial charge in [-0.3, -0.25) is 0 Å². The second-order valence-corrected chi connectivity index (χ2v) is 8.61. The standard InChI is InChI=1S/C11H22.2Al.2O/c1-10(2,3)8-7-9-11(4,5)6;;;;/h8-9H,7H2,1-6H3;;;;. The van der Waals surface area contributed by atoms with Gasteiger partial charge in [0.1, 0.15) is 0 Å². The molecule has 2 nitrogen and oxygen atoms in total. The quantitative estimate of drug-likeness (QED) is 0.707. The maximum absolute atomic E-state index is 11.2. The van der Waals surface area contributed by atoms with Crippen molar-refractivity contribution in [2.45, 2.75) is 57.5 Å². The van der Waals surface area contributed by atoms with Crippen molar-refractivity contribution >= 4 is 30.3 Å². The monoisotopic (exact) mass is 240 g/mol. The Morgan fingerprint density at radius 1 is 0.800 bits per heavy atom. The molecule has 0 bridgehead atoms. The molecule has 2 atom stereocenters. The number of rotatable bonds is 4. The number of hydrogen-bond donors (Lipinski definition) is 0. The van der Waals surface area contributed by atoms with Gasteiger partial charge in [0, 0.05) is 0 Å². The van der Waals surface area contributed by atoms with Crippen molar-refractivity contribution in [3.63, 3.8) is 0 Å². The molecule has 0 aliphatic rings. The first-order chi connectivity index (χ1) is 6.62. The van der Waals surface area contributed by atoms with E-state index in [0.29, 0.717) is 0 Å². The molecule has 15 heavy (non-hydrogen) atoms. The molecule has 0 radical (unpaired) electrons. The van der Waals surface area contributed by atoms with Crippen LogP contribution in [-0.4, -0.2) is 30.3 Å². The average molecular weight is 240 g/mol. The Balaban J connectivity index is 4.67. The molecule has 0 aromatic rings. The summed E-state index contributed by atoms with van der Waals surface area (Å²) >= 11 is -1.56. The van der Waals surface area contributed by atoms with Gasteiger partial charge >= 0.3 is 106 Å². The van der Waals surface area contributed by atoms with E-state index in [-0.39, 0.29) is 20.4 Å². The first-order valence-corrected chi connectivity index (χ1v) is 7.81. The van der Waals surface area contributed by atoms with Crippen LogP contribution >= 0.6 is 0 Å². The van der Waals surface area contributed by atoms with Gasteiger partial charge in [0.05, 0.1) is 0 Å². The number of hydrogen-bond acceptors (Lipinski definition) is 2. The molecule has 0 aliphatic heterocycles. The minimum atomic E-state index is -0.781. The molecule has 0 N–H and O–H groups in total. The van der Waals surface area contributed by atoms with E-state index >= 15 is 0 Å². The normalized spacial score (nSPS) is 16.4. The van der Waals surface area contributed by atoms with Crippen LogP contribution in [-0.2, 0) is 7.61 Å². The molecule has 0 amide bonds. The molecule has 0 heterocycles. The Hall–Kier alpha value is 0.665. The topological polar surface area (TPSA) is 34.1 Å². The minimum absolute atomic E-state index is 0.0647. The third kappa shape index (κ3) is 5.51. The molecule has 0 spiro atoms. The summed E-state index contributed by atoms with van der Waals surface area (Å²) in [6.45, 7) is 12.7. The summed E-state index contributed by atoms with van der Waals surface area (Å²) in [7, 11) is 0. The van der Waals surface area contributed by atoms with Crippen LogP contribution in [0, 0.1) is 10.8 Å². The van der Waals surface area contributed by atoms with Crippen LogP contribution in [0.25, 0.3) is 0 Å². The van der Waals surface area contributed by atoms with Crippen molar-refractivity contribution in [1.82, 2.24) is 0 Å². The Labute approximate surface area is 106 Å². The van der Waals surface area contributed by atoms with E-state index in [9.17, 15) is 7.61 Å². The SMILES string of the molecule is CC(C)(C)[CH](C[CH]([Al]=[O])C(C)(C)C)[Al]=[O]. The Morgan fingerprint density at radius 3 is 1.20 bits per heavy atom. The van der Waals surface area contributed by atoms with Crippen molar-refractivity contribution in [2.75, 3.05) is 0 Å². The summed E-state index contributed by atoms with van der Waals surface area (Å²) in [6, 6.07) is 0. The van der Waals surface area contributed by atoms with E-state index in [2.05, 4.69) is 41.5 Å². The van der Waals surface area contributed by atoms with Crippen LogP contribution in [0.5, 0.6) is 0 Å². The van der Waals surface area contributed by atoms with E-state index in [0.717, 1.165) is 6.42 Å². The predicted molar refractivity (Wildman–Crippen MR) is 63.9 cm³/mol. The van der Waals surface area contributed by atoms with Crippen molar-refractivity contribution in [2.24, 2.45) is 10.8 Å². The molecule has 0 fully saturated rings. The summed E-state index contributed by atoms with van der Waals surface area (Å²) in [5.74, 6) is 0. The van der Waals surface area contributed by atoms with Gasteiger partial charge < -0.3 is 0 Å². The summed E-state index contributed by atoms with van der Waals surface area (Å²) in [6.07, 6.45) is 0.838. The van der Waals surface area contributed by atoms with Gasteiger partial charge in [0.15, 0.2) is 0 Å². The molecule has 0 aromatic carbocycles. The third-order valence-electron chi connectivity index (χ3n) is 3.06. The summed E-state index contributed by atoms with van der Waals surface area (Å²) in [4.78, 5) is 0. The van der Waals surface area contributed by atoms with Gasteiger partial charge in [0.2, 0.25) is 0 Å². The van der Waals surface area contributed by atoms with Crippen LogP contribution in [0.15, 0.2) is 0 Å². The molecular formula is C11H22Al2O2. The van der Waals surface area contributed by atoms with Crippen molar-refractivity contribution in [1.29, 1.82) is 0 Å². The molecule has 0 aliphatic carbocycles. The Bertz CT molecular complexity index is 202. The van der Waals surface area contributed by atoms with Crippen LogP contribution in [0.1, 0.15) is 48.0 Å². The zero-order valence-electron chi connectivity index (χ0n) is 10.8. The molecule has 0 aromatic heterocycles. The summed E-state index contributed by atoms with van der Waals surface area (Å²) in [5, 5.41) is 0. The van der Waals surface area contributed by atoms with E-state index in [1.807, 2.05) is 0 Å². The van der Waals surface area contributed by atoms with Gasteiger partial charge in [-0.1, -0.05) is 0 Å². The van der Waals surface area contributed by atoms with E-state index in [4.69, 9.17) is 0 Å². The average Bonchev–Trinajstić information content (AvgIpc) is 2.01. The second-order valence-electron chi connectivity index (χ2n) is 6.45. The molecule has 0 rings (SSSR count). The Morgan fingerprint density at radius 2 is 1.07 bits per heavy atom. The van der Waals surface area contributed by atoms with Gasteiger partial charge in [-0.15, -0.1) is 0 Å². The zero-order valence-corrected chi connectivity index (χ0v) is 13.1. The molecular weight excluding hydrogens is 218 g/mol. The van der Waals surface area contributed by atoms with E-state index < -0.39 is 30.3 Å². The van der Waals surface area contributed by atoms with E-state index in [1.165, 1.54) is 0 Å². The second kappa shape index (κ2) is 5.83. The van der Waals surface area contributed by atoms with Crippen LogP contribution < -0.4 is 0 Å². The first kappa shape index (κ1) is 15.7. The van der Waals surface area contributed by atoms with Crippen molar-refractivity contribution in [3.05, 3.63) is 0 Å². The molecule has 0 saturated heterocycles. The van der Waals surface area contributed by atoms with Crippen LogP contribution in [0.3, 0.4) is 0 Å². The fraction of sp³-hybridized carbons (Fsp3) is 1.00. The van der Waals surface area contributed by atoms with Crippen molar-refractivity contribution in [3.8, 4) is 0 Å². The van der Waals surface area contributed by atoms with Crippen molar-refractivity contribution < 1.29 is 7.61 Å². The summed E-state index contributed by atoms with van der Waals surface area (Å²) < 4.78 is 22.9. The van der Waals surface area contributed by atoms with Gasteiger partial charge in [-0.25, -0.2) is 0 Å². The van der Waals surface area contributed by atoms with Gasteiger partial charge in [-0.05, 0) is 0 Å². The molecule has 0 saturated carbocycles. The first-order valence-electron chi connectivity index (χ1n) is 5.53. The van der Waals surface area contributed by atoms with Crippen LogP contribution in [0.2, 0.25) is 9.56 Å². The van der Waals surface area contributed by atoms with Crippen LogP contribution in [0.4, 0.5) is 0 Å². The zero-order chi connectivity index (χ0) is 12.3. The molecule has 2 unspecified atom stereocenters. The molecule has 84 valence electrons. The fourth-order valence-corrected chi connectivity index (χ4v) is 3.44. The molecule has 4 heteroatoms. The maximum atomic E-state index is 11.2. The Kier molecular flexibility index (Phi) is 6.09.